The molecule has 1 unspecified atom stereocenters. The van der Waals surface area contributed by atoms with Gasteiger partial charge in [0.2, 0.25) is 0 Å². The van der Waals surface area contributed by atoms with Crippen molar-refractivity contribution in [2.24, 2.45) is 0 Å². The van der Waals surface area contributed by atoms with Gasteiger partial charge in [-0.25, -0.2) is 0 Å². The second kappa shape index (κ2) is 7.09. The number of nitriles is 1. The molecule has 112 valence electrons. The average Bonchev–Trinajstić information content (AvgIpc) is 3.00. The minimum absolute atomic E-state index is 0.254. The number of carbonyl (C=O) groups excluding carboxylic acids is 2. The first-order chi connectivity index (χ1) is 10.6. The molecule has 2 N–H and O–H groups in total. The highest BCUT2D eigenvalue weighted by molar-refractivity contribution is 6.39. The number of carbonyl (C=O) groups is 2. The Kier molecular flexibility index (Phi) is 4.94. The van der Waals surface area contributed by atoms with E-state index in [9.17, 15) is 9.59 Å². The molecule has 0 saturated heterocycles. The fourth-order valence-corrected chi connectivity index (χ4v) is 1.94. The topological polar surface area (TPSA) is 95.1 Å². The standard InChI is InChI=1S/C16H15N3O3/c1-11(9-13-6-4-8-22-13)18-15(20)16(21)19-14-7-3-2-5-12(14)10-17/h2-8,11H,9H2,1H3,(H,18,20)(H,19,21). The molecular weight excluding hydrogens is 282 g/mol. The van der Waals surface area contributed by atoms with E-state index in [1.807, 2.05) is 6.07 Å². The number of amides is 2. The third kappa shape index (κ3) is 3.96. The minimum Gasteiger partial charge on any atom is -0.469 e. The SMILES string of the molecule is CC(Cc1ccco1)NC(=O)C(=O)Nc1ccccc1C#N. The van der Waals surface area contributed by atoms with Gasteiger partial charge in [0.1, 0.15) is 11.8 Å². The van der Waals surface area contributed by atoms with Gasteiger partial charge in [-0.05, 0) is 31.2 Å². The normalized spacial score (nSPS) is 11.3. The number of para-hydroxylation sites is 1. The minimum atomic E-state index is -0.811. The van der Waals surface area contributed by atoms with Gasteiger partial charge in [-0.15, -0.1) is 0 Å². The first-order valence-electron chi connectivity index (χ1n) is 6.73. The molecule has 2 aromatic rings. The maximum atomic E-state index is 11.9. The molecule has 22 heavy (non-hydrogen) atoms. The fraction of sp³-hybridized carbons (Fsp3) is 0.188. The summed E-state index contributed by atoms with van der Waals surface area (Å²) in [5.74, 6) is -0.844. The van der Waals surface area contributed by atoms with Crippen LogP contribution in [0.5, 0.6) is 0 Å². The van der Waals surface area contributed by atoms with Gasteiger partial charge in [0.05, 0.1) is 17.5 Å². The molecule has 0 aliphatic rings. The van der Waals surface area contributed by atoms with E-state index < -0.39 is 11.8 Å². The number of nitrogens with zero attached hydrogens (tertiary/aromatic N) is 1. The monoisotopic (exact) mass is 297 g/mol. The second-order valence-electron chi connectivity index (χ2n) is 4.77. The van der Waals surface area contributed by atoms with Crippen LogP contribution in [0.15, 0.2) is 47.1 Å². The van der Waals surface area contributed by atoms with E-state index in [2.05, 4.69) is 10.6 Å². The Morgan fingerprint density at radius 1 is 1.23 bits per heavy atom. The van der Waals surface area contributed by atoms with Gasteiger partial charge in [0.25, 0.3) is 0 Å². The van der Waals surface area contributed by atoms with Crippen molar-refractivity contribution in [3.05, 3.63) is 54.0 Å². The number of rotatable bonds is 4. The number of anilines is 1. The molecule has 2 amide bonds. The summed E-state index contributed by atoms with van der Waals surface area (Å²) in [4.78, 5) is 23.7. The predicted molar refractivity (Wildman–Crippen MR) is 79.8 cm³/mol. The van der Waals surface area contributed by atoms with E-state index in [-0.39, 0.29) is 6.04 Å². The first-order valence-corrected chi connectivity index (χ1v) is 6.73. The summed E-state index contributed by atoms with van der Waals surface area (Å²) in [6.07, 6.45) is 2.04. The Morgan fingerprint density at radius 2 is 2.00 bits per heavy atom. The van der Waals surface area contributed by atoms with Crippen molar-refractivity contribution in [3.63, 3.8) is 0 Å². The van der Waals surface area contributed by atoms with E-state index >= 15 is 0 Å². The van der Waals surface area contributed by atoms with Crippen LogP contribution in [0.25, 0.3) is 0 Å². The number of furan rings is 1. The lowest BCUT2D eigenvalue weighted by molar-refractivity contribution is -0.136. The molecule has 0 spiro atoms. The Hall–Kier alpha value is -3.07. The molecule has 0 aliphatic carbocycles. The Bertz CT molecular complexity index is 702. The molecule has 2 rings (SSSR count). The first kappa shape index (κ1) is 15.3. The van der Waals surface area contributed by atoms with E-state index in [1.165, 1.54) is 0 Å². The lowest BCUT2D eigenvalue weighted by Gasteiger charge is -2.12. The van der Waals surface area contributed by atoms with Crippen molar-refractivity contribution < 1.29 is 14.0 Å². The smallest absolute Gasteiger partial charge is 0.313 e. The zero-order valence-electron chi connectivity index (χ0n) is 12.0. The van der Waals surface area contributed by atoms with Gasteiger partial charge >= 0.3 is 11.8 Å². The number of benzene rings is 1. The van der Waals surface area contributed by atoms with E-state index in [0.717, 1.165) is 5.76 Å². The van der Waals surface area contributed by atoms with Crippen molar-refractivity contribution in [2.45, 2.75) is 19.4 Å². The van der Waals surface area contributed by atoms with E-state index in [1.54, 1.807) is 49.6 Å². The van der Waals surface area contributed by atoms with Crippen LogP contribution in [-0.4, -0.2) is 17.9 Å². The van der Waals surface area contributed by atoms with Crippen LogP contribution >= 0.6 is 0 Å². The Labute approximate surface area is 127 Å². The maximum Gasteiger partial charge on any atom is 0.313 e. The van der Waals surface area contributed by atoms with Crippen LogP contribution in [0.4, 0.5) is 5.69 Å². The Balaban J connectivity index is 1.92. The Morgan fingerprint density at radius 3 is 2.68 bits per heavy atom. The van der Waals surface area contributed by atoms with Gasteiger partial charge < -0.3 is 15.1 Å². The van der Waals surface area contributed by atoms with Crippen molar-refractivity contribution in [1.29, 1.82) is 5.26 Å². The van der Waals surface area contributed by atoms with Gasteiger partial charge in [0.15, 0.2) is 0 Å². The van der Waals surface area contributed by atoms with Gasteiger partial charge in [-0.2, -0.15) is 5.26 Å². The number of hydrogen-bond donors (Lipinski definition) is 2. The zero-order valence-corrected chi connectivity index (χ0v) is 12.0. The molecule has 6 nitrogen and oxygen atoms in total. The molecule has 0 radical (unpaired) electrons. The van der Waals surface area contributed by atoms with Crippen molar-refractivity contribution >= 4 is 17.5 Å². The van der Waals surface area contributed by atoms with E-state index in [0.29, 0.717) is 17.7 Å². The van der Waals surface area contributed by atoms with Gasteiger partial charge in [0, 0.05) is 12.5 Å². The highest BCUT2D eigenvalue weighted by Crippen LogP contribution is 2.13. The molecule has 1 atom stereocenters. The van der Waals surface area contributed by atoms with Gasteiger partial charge in [-0.1, -0.05) is 12.1 Å². The molecule has 0 fully saturated rings. The molecule has 0 bridgehead atoms. The molecule has 1 aromatic heterocycles. The maximum absolute atomic E-state index is 11.9. The van der Waals surface area contributed by atoms with Crippen LogP contribution in [0.2, 0.25) is 0 Å². The van der Waals surface area contributed by atoms with Crippen LogP contribution in [0.1, 0.15) is 18.2 Å². The van der Waals surface area contributed by atoms with Crippen LogP contribution in [0.3, 0.4) is 0 Å². The molecule has 1 aromatic carbocycles. The van der Waals surface area contributed by atoms with Crippen LogP contribution in [-0.2, 0) is 16.0 Å². The highest BCUT2D eigenvalue weighted by Gasteiger charge is 2.18. The zero-order chi connectivity index (χ0) is 15.9. The second-order valence-corrected chi connectivity index (χ2v) is 4.77. The van der Waals surface area contributed by atoms with Crippen molar-refractivity contribution in [3.8, 4) is 6.07 Å². The summed E-state index contributed by atoms with van der Waals surface area (Å²) < 4.78 is 5.18. The highest BCUT2D eigenvalue weighted by atomic mass is 16.3. The summed E-state index contributed by atoms with van der Waals surface area (Å²) in [6.45, 7) is 1.77. The van der Waals surface area contributed by atoms with Crippen molar-refractivity contribution in [2.75, 3.05) is 5.32 Å². The van der Waals surface area contributed by atoms with Gasteiger partial charge in [-0.3, -0.25) is 9.59 Å². The number of nitrogens with one attached hydrogen (secondary N) is 2. The summed E-state index contributed by atoms with van der Waals surface area (Å²) in [6, 6.07) is 11.7. The predicted octanol–water partition coefficient (Wildman–Crippen LogP) is 1.84. The third-order valence-corrected chi connectivity index (χ3v) is 2.97. The van der Waals surface area contributed by atoms with Crippen LogP contribution < -0.4 is 10.6 Å². The summed E-state index contributed by atoms with van der Waals surface area (Å²) in [7, 11) is 0. The molecule has 6 heteroatoms. The lowest BCUT2D eigenvalue weighted by Crippen LogP contribution is -2.41. The third-order valence-electron chi connectivity index (χ3n) is 2.97. The number of hydrogen-bond acceptors (Lipinski definition) is 4. The van der Waals surface area contributed by atoms with E-state index in [4.69, 9.17) is 9.68 Å². The van der Waals surface area contributed by atoms with Crippen molar-refractivity contribution in [1.82, 2.24) is 5.32 Å². The summed E-state index contributed by atoms with van der Waals surface area (Å²) >= 11 is 0. The quantitative estimate of drug-likeness (QED) is 0.842. The molecular formula is C16H15N3O3. The molecule has 0 saturated carbocycles. The fourth-order valence-electron chi connectivity index (χ4n) is 1.94. The summed E-state index contributed by atoms with van der Waals surface area (Å²) in [5.41, 5.74) is 0.608. The van der Waals surface area contributed by atoms with Crippen LogP contribution in [0, 0.1) is 11.3 Å². The molecule has 1 heterocycles. The lowest BCUT2D eigenvalue weighted by atomic mass is 10.2. The summed E-state index contributed by atoms with van der Waals surface area (Å²) in [5, 5.41) is 14.0. The largest absolute Gasteiger partial charge is 0.469 e. The average molecular weight is 297 g/mol. The molecule has 0 aliphatic heterocycles.